The summed E-state index contributed by atoms with van der Waals surface area (Å²) in [6.07, 6.45) is 4.10. The summed E-state index contributed by atoms with van der Waals surface area (Å²) in [7, 11) is 0. The first kappa shape index (κ1) is 13.4. The molecular formula is C11H15NO5. The Morgan fingerprint density at radius 1 is 1.35 bits per heavy atom. The molecule has 1 heterocycles. The van der Waals surface area contributed by atoms with E-state index in [1.807, 2.05) is 0 Å². The number of furan rings is 1. The number of carbonyl (C=O) groups excluding carboxylic acids is 1. The molecular weight excluding hydrogens is 226 g/mol. The van der Waals surface area contributed by atoms with E-state index in [2.05, 4.69) is 5.32 Å². The summed E-state index contributed by atoms with van der Waals surface area (Å²) in [5.41, 5.74) is -1.41. The molecule has 0 atom stereocenters. The lowest BCUT2D eigenvalue weighted by molar-refractivity contribution is -0.120. The molecule has 1 amide bonds. The summed E-state index contributed by atoms with van der Waals surface area (Å²) in [5, 5.41) is 29.3. The molecule has 1 aromatic rings. The van der Waals surface area contributed by atoms with Crippen LogP contribution in [0.2, 0.25) is 0 Å². The Bertz CT molecular complexity index is 359. The zero-order chi connectivity index (χ0) is 12.7. The molecule has 6 heteroatoms. The molecule has 17 heavy (non-hydrogen) atoms. The first-order valence-electron chi connectivity index (χ1n) is 5.02. The van der Waals surface area contributed by atoms with Gasteiger partial charge in [-0.15, -0.1) is 0 Å². The predicted molar refractivity (Wildman–Crippen MR) is 59.9 cm³/mol. The maximum Gasteiger partial charge on any atom is 0.244 e. The highest BCUT2D eigenvalue weighted by Crippen LogP contribution is 2.04. The monoisotopic (exact) mass is 241 g/mol. The van der Waals surface area contributed by atoms with Crippen molar-refractivity contribution in [3.05, 3.63) is 30.2 Å². The van der Waals surface area contributed by atoms with Crippen LogP contribution in [-0.4, -0.2) is 46.6 Å². The van der Waals surface area contributed by atoms with E-state index in [9.17, 15) is 4.79 Å². The third kappa shape index (κ3) is 3.70. The van der Waals surface area contributed by atoms with Gasteiger partial charge >= 0.3 is 0 Å². The van der Waals surface area contributed by atoms with E-state index >= 15 is 0 Å². The summed E-state index contributed by atoms with van der Waals surface area (Å²) in [6.45, 7) is -1.67. The Morgan fingerprint density at radius 2 is 2.00 bits per heavy atom. The SMILES string of the molecule is O=C(/C=C/c1ccco1)NC(CO)(CO)CO. The highest BCUT2D eigenvalue weighted by atomic mass is 16.3. The zero-order valence-electron chi connectivity index (χ0n) is 9.17. The van der Waals surface area contributed by atoms with Crippen molar-refractivity contribution in [2.75, 3.05) is 19.8 Å². The van der Waals surface area contributed by atoms with Crippen LogP contribution in [0.15, 0.2) is 28.9 Å². The van der Waals surface area contributed by atoms with Crippen LogP contribution in [0, 0.1) is 0 Å². The number of carbonyl (C=O) groups is 1. The van der Waals surface area contributed by atoms with Gasteiger partial charge in [0.1, 0.15) is 11.3 Å². The number of hydrogen-bond donors (Lipinski definition) is 4. The highest BCUT2D eigenvalue weighted by molar-refractivity contribution is 5.91. The van der Waals surface area contributed by atoms with E-state index in [1.165, 1.54) is 18.4 Å². The van der Waals surface area contributed by atoms with Gasteiger partial charge in [-0.25, -0.2) is 0 Å². The van der Waals surface area contributed by atoms with Crippen molar-refractivity contribution in [2.24, 2.45) is 0 Å². The third-order valence-corrected chi connectivity index (χ3v) is 2.24. The largest absolute Gasteiger partial charge is 0.465 e. The van der Waals surface area contributed by atoms with E-state index < -0.39 is 31.3 Å². The molecule has 0 radical (unpaired) electrons. The second-order valence-corrected chi connectivity index (χ2v) is 3.59. The molecule has 0 aliphatic carbocycles. The van der Waals surface area contributed by atoms with Crippen LogP contribution in [0.5, 0.6) is 0 Å². The van der Waals surface area contributed by atoms with Crippen LogP contribution in [0.4, 0.5) is 0 Å². The molecule has 6 nitrogen and oxygen atoms in total. The van der Waals surface area contributed by atoms with Gasteiger partial charge in [0.25, 0.3) is 0 Å². The number of hydrogen-bond acceptors (Lipinski definition) is 5. The molecule has 0 aliphatic rings. The van der Waals surface area contributed by atoms with Crippen molar-refractivity contribution in [3.63, 3.8) is 0 Å². The number of amides is 1. The smallest absolute Gasteiger partial charge is 0.244 e. The zero-order valence-corrected chi connectivity index (χ0v) is 9.17. The number of aliphatic hydroxyl groups is 3. The van der Waals surface area contributed by atoms with Gasteiger partial charge in [0.2, 0.25) is 5.91 Å². The molecule has 0 unspecified atom stereocenters. The first-order chi connectivity index (χ1) is 8.15. The lowest BCUT2D eigenvalue weighted by Crippen LogP contribution is -2.56. The molecule has 0 saturated heterocycles. The van der Waals surface area contributed by atoms with Gasteiger partial charge in [-0.05, 0) is 18.2 Å². The van der Waals surface area contributed by atoms with Crippen molar-refractivity contribution in [3.8, 4) is 0 Å². The molecule has 94 valence electrons. The number of aliphatic hydroxyl groups excluding tert-OH is 3. The standard InChI is InChI=1S/C11H15NO5/c13-6-11(7-14,8-15)12-10(16)4-3-9-2-1-5-17-9/h1-5,13-15H,6-8H2,(H,12,16)/b4-3+. The van der Waals surface area contributed by atoms with E-state index in [1.54, 1.807) is 12.1 Å². The molecule has 0 fully saturated rings. The van der Waals surface area contributed by atoms with Crippen LogP contribution in [0.25, 0.3) is 6.08 Å². The fraction of sp³-hybridized carbons (Fsp3) is 0.364. The second-order valence-electron chi connectivity index (χ2n) is 3.59. The Balaban J connectivity index is 2.59. The minimum atomic E-state index is -1.41. The van der Waals surface area contributed by atoms with E-state index in [0.717, 1.165) is 0 Å². The van der Waals surface area contributed by atoms with Gasteiger partial charge in [0, 0.05) is 6.08 Å². The molecule has 4 N–H and O–H groups in total. The van der Waals surface area contributed by atoms with E-state index in [4.69, 9.17) is 19.7 Å². The van der Waals surface area contributed by atoms with Crippen LogP contribution < -0.4 is 5.32 Å². The lowest BCUT2D eigenvalue weighted by Gasteiger charge is -2.27. The average molecular weight is 241 g/mol. The van der Waals surface area contributed by atoms with Crippen molar-refractivity contribution >= 4 is 12.0 Å². The van der Waals surface area contributed by atoms with Gasteiger partial charge < -0.3 is 25.1 Å². The molecule has 0 spiro atoms. The quantitative estimate of drug-likeness (QED) is 0.484. The van der Waals surface area contributed by atoms with Crippen molar-refractivity contribution in [1.29, 1.82) is 0 Å². The Labute approximate surface area is 98.2 Å². The average Bonchev–Trinajstić information content (AvgIpc) is 2.87. The van der Waals surface area contributed by atoms with Crippen molar-refractivity contribution in [2.45, 2.75) is 5.54 Å². The summed E-state index contributed by atoms with van der Waals surface area (Å²) < 4.78 is 4.98. The second kappa shape index (κ2) is 6.19. The molecule has 0 aromatic carbocycles. The number of nitrogens with one attached hydrogen (secondary N) is 1. The summed E-state index contributed by atoms with van der Waals surface area (Å²) >= 11 is 0. The summed E-state index contributed by atoms with van der Waals surface area (Å²) in [5.74, 6) is -0.0405. The van der Waals surface area contributed by atoms with Crippen molar-refractivity contribution < 1.29 is 24.5 Å². The Morgan fingerprint density at radius 3 is 2.47 bits per heavy atom. The summed E-state index contributed by atoms with van der Waals surface area (Å²) in [4.78, 5) is 11.5. The fourth-order valence-electron chi connectivity index (χ4n) is 1.12. The van der Waals surface area contributed by atoms with Crippen LogP contribution in [-0.2, 0) is 4.79 Å². The van der Waals surface area contributed by atoms with E-state index in [0.29, 0.717) is 5.76 Å². The highest BCUT2D eigenvalue weighted by Gasteiger charge is 2.29. The third-order valence-electron chi connectivity index (χ3n) is 2.24. The maximum atomic E-state index is 11.5. The normalized spacial score (nSPS) is 11.9. The first-order valence-corrected chi connectivity index (χ1v) is 5.02. The molecule has 0 aliphatic heterocycles. The fourth-order valence-corrected chi connectivity index (χ4v) is 1.12. The van der Waals surface area contributed by atoms with E-state index in [-0.39, 0.29) is 0 Å². The maximum absolute atomic E-state index is 11.5. The van der Waals surface area contributed by atoms with Crippen molar-refractivity contribution in [1.82, 2.24) is 5.32 Å². The lowest BCUT2D eigenvalue weighted by atomic mass is 10.0. The van der Waals surface area contributed by atoms with Gasteiger partial charge in [0.05, 0.1) is 26.1 Å². The van der Waals surface area contributed by atoms with Gasteiger partial charge in [-0.1, -0.05) is 0 Å². The molecule has 1 rings (SSSR count). The predicted octanol–water partition coefficient (Wildman–Crippen LogP) is -0.875. The topological polar surface area (TPSA) is 103 Å². The molecule has 0 bridgehead atoms. The Kier molecular flexibility index (Phi) is 4.89. The van der Waals surface area contributed by atoms with Gasteiger partial charge in [0.15, 0.2) is 0 Å². The number of rotatable bonds is 6. The molecule has 0 saturated carbocycles. The van der Waals surface area contributed by atoms with Crippen LogP contribution in [0.1, 0.15) is 5.76 Å². The van der Waals surface area contributed by atoms with Gasteiger partial charge in [-0.3, -0.25) is 4.79 Å². The van der Waals surface area contributed by atoms with Crippen LogP contribution in [0.3, 0.4) is 0 Å². The minimum Gasteiger partial charge on any atom is -0.465 e. The molecule has 1 aromatic heterocycles. The summed E-state index contributed by atoms with van der Waals surface area (Å²) in [6, 6.07) is 3.35. The Hall–Kier alpha value is -1.63. The minimum absolute atomic E-state index is 0.503. The van der Waals surface area contributed by atoms with Gasteiger partial charge in [-0.2, -0.15) is 0 Å². The van der Waals surface area contributed by atoms with Crippen LogP contribution >= 0.6 is 0 Å².